The molecule has 3 aromatic rings. The molecule has 0 bridgehead atoms. The van der Waals surface area contributed by atoms with E-state index in [0.29, 0.717) is 16.4 Å². The average Bonchev–Trinajstić information content (AvgIpc) is 2.62. The van der Waals surface area contributed by atoms with Crippen molar-refractivity contribution < 1.29 is 4.79 Å². The van der Waals surface area contributed by atoms with Gasteiger partial charge in [0.05, 0.1) is 5.69 Å². The van der Waals surface area contributed by atoms with E-state index >= 15 is 0 Å². The number of halogens is 1. The number of benzene rings is 1. The fourth-order valence-corrected chi connectivity index (χ4v) is 2.44. The molecule has 0 unspecified atom stereocenters. The molecule has 0 saturated heterocycles. The van der Waals surface area contributed by atoms with E-state index < -0.39 is 11.3 Å². The molecule has 0 aliphatic heterocycles. The Morgan fingerprint density at radius 3 is 2.68 bits per heavy atom. The fraction of sp³-hybridized carbons (Fsp3) is 0.111. The van der Waals surface area contributed by atoms with Crippen LogP contribution in [0.5, 0.6) is 0 Å². The minimum atomic E-state index is -0.531. The van der Waals surface area contributed by atoms with Crippen LogP contribution in [-0.2, 0) is 6.54 Å². The topological polar surface area (TPSA) is 76.9 Å². The third-order valence-electron chi connectivity index (χ3n) is 3.57. The predicted octanol–water partition coefficient (Wildman–Crippen LogP) is 2.52. The molecule has 25 heavy (non-hydrogen) atoms. The lowest BCUT2D eigenvalue weighted by molar-refractivity contribution is 0.0943. The molecule has 0 aliphatic carbocycles. The highest BCUT2D eigenvalue weighted by atomic mass is 35.5. The van der Waals surface area contributed by atoms with Crippen molar-refractivity contribution in [3.8, 4) is 5.69 Å². The van der Waals surface area contributed by atoms with Gasteiger partial charge in [0.25, 0.3) is 5.91 Å². The van der Waals surface area contributed by atoms with Gasteiger partial charge < -0.3 is 5.32 Å². The highest BCUT2D eigenvalue weighted by molar-refractivity contribution is 6.30. The molecule has 6 nitrogen and oxygen atoms in total. The Morgan fingerprint density at radius 2 is 2.00 bits per heavy atom. The van der Waals surface area contributed by atoms with Gasteiger partial charge in [-0.25, -0.2) is 4.68 Å². The Bertz CT molecular complexity index is 953. The van der Waals surface area contributed by atoms with Gasteiger partial charge in [-0.2, -0.15) is 5.10 Å². The maximum absolute atomic E-state index is 12.4. The number of carbonyl (C=O) groups is 1. The molecule has 0 radical (unpaired) electrons. The van der Waals surface area contributed by atoms with Crippen molar-refractivity contribution in [3.63, 3.8) is 0 Å². The van der Waals surface area contributed by atoms with E-state index in [1.54, 1.807) is 49.6 Å². The van der Waals surface area contributed by atoms with E-state index in [0.717, 1.165) is 5.56 Å². The van der Waals surface area contributed by atoms with E-state index in [-0.39, 0.29) is 12.2 Å². The summed E-state index contributed by atoms with van der Waals surface area (Å²) in [6.45, 7) is 2.02. The Hall–Kier alpha value is -2.99. The number of nitrogens with zero attached hydrogens (tertiary/aromatic N) is 3. The number of hydrogen-bond donors (Lipinski definition) is 1. The van der Waals surface area contributed by atoms with Crippen LogP contribution in [0.15, 0.2) is 59.7 Å². The summed E-state index contributed by atoms with van der Waals surface area (Å²) in [5.41, 5.74) is 1.58. The highest BCUT2D eigenvalue weighted by Gasteiger charge is 2.15. The summed E-state index contributed by atoms with van der Waals surface area (Å²) in [6, 6.07) is 12.0. The lowest BCUT2D eigenvalue weighted by Gasteiger charge is -2.11. The first-order valence-electron chi connectivity index (χ1n) is 7.58. The van der Waals surface area contributed by atoms with Crippen LogP contribution in [0.4, 0.5) is 0 Å². The fourth-order valence-electron chi connectivity index (χ4n) is 2.32. The quantitative estimate of drug-likeness (QED) is 0.781. The molecule has 7 heteroatoms. The summed E-state index contributed by atoms with van der Waals surface area (Å²) in [6.07, 6.45) is 3.30. The first-order valence-corrected chi connectivity index (χ1v) is 7.96. The van der Waals surface area contributed by atoms with E-state index in [2.05, 4.69) is 15.4 Å². The Morgan fingerprint density at radius 1 is 1.24 bits per heavy atom. The number of pyridine rings is 1. The van der Waals surface area contributed by atoms with Crippen LogP contribution >= 0.6 is 11.6 Å². The number of nitrogens with one attached hydrogen (secondary N) is 1. The van der Waals surface area contributed by atoms with Gasteiger partial charge in [-0.05, 0) is 42.8 Å². The molecule has 0 spiro atoms. The predicted molar refractivity (Wildman–Crippen MR) is 95.0 cm³/mol. The second-order valence-electron chi connectivity index (χ2n) is 5.43. The van der Waals surface area contributed by atoms with Gasteiger partial charge in [-0.1, -0.05) is 17.7 Å². The van der Waals surface area contributed by atoms with Crippen LogP contribution < -0.4 is 10.7 Å². The highest BCUT2D eigenvalue weighted by Crippen LogP contribution is 2.13. The van der Waals surface area contributed by atoms with Crippen LogP contribution in [0.1, 0.15) is 21.7 Å². The summed E-state index contributed by atoms with van der Waals surface area (Å²) < 4.78 is 1.54. The van der Waals surface area contributed by atoms with E-state index in [4.69, 9.17) is 11.6 Å². The smallest absolute Gasteiger partial charge is 0.276 e. The second kappa shape index (κ2) is 7.27. The number of rotatable bonds is 4. The summed E-state index contributed by atoms with van der Waals surface area (Å²) >= 11 is 5.90. The number of hydrogen-bond acceptors (Lipinski definition) is 4. The van der Waals surface area contributed by atoms with Gasteiger partial charge in [0.2, 0.25) is 5.43 Å². The Labute approximate surface area is 149 Å². The van der Waals surface area contributed by atoms with Crippen molar-refractivity contribution in [1.29, 1.82) is 0 Å². The average molecular weight is 355 g/mol. The van der Waals surface area contributed by atoms with Gasteiger partial charge in [-0.3, -0.25) is 14.6 Å². The second-order valence-corrected chi connectivity index (χ2v) is 5.87. The lowest BCUT2D eigenvalue weighted by atomic mass is 10.2. The van der Waals surface area contributed by atoms with Gasteiger partial charge in [0.15, 0.2) is 5.69 Å². The van der Waals surface area contributed by atoms with Crippen molar-refractivity contribution >= 4 is 17.5 Å². The van der Waals surface area contributed by atoms with E-state index in [9.17, 15) is 9.59 Å². The molecule has 0 aliphatic rings. The van der Waals surface area contributed by atoms with Gasteiger partial charge in [0, 0.05) is 35.7 Å². The molecule has 1 N–H and O–H groups in total. The zero-order valence-corrected chi connectivity index (χ0v) is 14.2. The maximum Gasteiger partial charge on any atom is 0.276 e. The number of amides is 1. The van der Waals surface area contributed by atoms with Crippen molar-refractivity contribution in [3.05, 3.63) is 87.1 Å². The molecule has 0 atom stereocenters. The normalized spacial score (nSPS) is 10.5. The molecule has 126 valence electrons. The van der Waals surface area contributed by atoms with Gasteiger partial charge >= 0.3 is 0 Å². The SMILES string of the molecule is Cc1cc(=O)c(C(=O)NCc2cccnc2)nn1-c1ccc(Cl)cc1. The molecule has 3 rings (SSSR count). The standard InChI is InChI=1S/C18H15ClN4O2/c1-12-9-16(24)17(18(25)21-11-13-3-2-8-20-10-13)22-23(12)15-6-4-14(19)5-7-15/h2-10H,11H2,1H3,(H,21,25). The number of aromatic nitrogens is 3. The Balaban J connectivity index is 1.88. The molecule has 2 aromatic heterocycles. The summed E-state index contributed by atoms with van der Waals surface area (Å²) in [7, 11) is 0. The van der Waals surface area contributed by atoms with Crippen LogP contribution in [0.25, 0.3) is 5.69 Å². The van der Waals surface area contributed by atoms with Crippen molar-refractivity contribution in [2.45, 2.75) is 13.5 Å². The van der Waals surface area contributed by atoms with Crippen molar-refractivity contribution in [1.82, 2.24) is 20.1 Å². The number of aryl methyl sites for hydroxylation is 1. The van der Waals surface area contributed by atoms with Crippen LogP contribution in [0.3, 0.4) is 0 Å². The molecule has 0 saturated carbocycles. The van der Waals surface area contributed by atoms with E-state index in [1.807, 2.05) is 6.07 Å². The molecule has 0 fully saturated rings. The van der Waals surface area contributed by atoms with Crippen molar-refractivity contribution in [2.75, 3.05) is 0 Å². The molecular formula is C18H15ClN4O2. The first-order chi connectivity index (χ1) is 12.0. The third-order valence-corrected chi connectivity index (χ3v) is 3.82. The summed E-state index contributed by atoms with van der Waals surface area (Å²) in [4.78, 5) is 28.5. The zero-order chi connectivity index (χ0) is 17.8. The monoisotopic (exact) mass is 354 g/mol. The number of carbonyl (C=O) groups excluding carboxylic acids is 1. The zero-order valence-electron chi connectivity index (χ0n) is 13.4. The summed E-state index contributed by atoms with van der Waals surface area (Å²) in [5.74, 6) is -0.531. The lowest BCUT2D eigenvalue weighted by Crippen LogP contribution is -2.31. The minimum absolute atomic E-state index is 0.163. The van der Waals surface area contributed by atoms with Crippen molar-refractivity contribution in [2.24, 2.45) is 0 Å². The minimum Gasteiger partial charge on any atom is -0.346 e. The largest absolute Gasteiger partial charge is 0.346 e. The summed E-state index contributed by atoms with van der Waals surface area (Å²) in [5, 5.41) is 7.50. The van der Waals surface area contributed by atoms with Gasteiger partial charge in [0.1, 0.15) is 0 Å². The van der Waals surface area contributed by atoms with Gasteiger partial charge in [-0.15, -0.1) is 0 Å². The first kappa shape index (κ1) is 16.9. The Kier molecular flexibility index (Phi) is 4.90. The van der Waals surface area contributed by atoms with Crippen LogP contribution in [0.2, 0.25) is 5.02 Å². The van der Waals surface area contributed by atoms with Crippen LogP contribution in [0, 0.1) is 6.92 Å². The third kappa shape index (κ3) is 3.92. The molecule has 2 heterocycles. The molecule has 1 aromatic carbocycles. The molecule has 1 amide bonds. The molecular weight excluding hydrogens is 340 g/mol. The van der Waals surface area contributed by atoms with E-state index in [1.165, 1.54) is 10.7 Å². The van der Waals surface area contributed by atoms with Crippen LogP contribution in [-0.4, -0.2) is 20.7 Å². The maximum atomic E-state index is 12.4.